The smallest absolute Gasteiger partial charge is 0.416 e. The highest BCUT2D eigenvalue weighted by atomic mass is 19.4. The van der Waals surface area contributed by atoms with Crippen LogP contribution in [0, 0.1) is 0 Å². The molecule has 0 amide bonds. The first-order valence-corrected chi connectivity index (χ1v) is 9.11. The predicted octanol–water partition coefficient (Wildman–Crippen LogP) is 4.83. The number of halogens is 5. The van der Waals surface area contributed by atoms with E-state index in [2.05, 4.69) is 0 Å². The molecule has 1 saturated heterocycles. The van der Waals surface area contributed by atoms with E-state index in [1.807, 2.05) is 0 Å². The van der Waals surface area contributed by atoms with Crippen molar-refractivity contribution in [3.05, 3.63) is 70.8 Å². The third kappa shape index (κ3) is 5.53. The summed E-state index contributed by atoms with van der Waals surface area (Å²) in [5, 5.41) is 0. The summed E-state index contributed by atoms with van der Waals surface area (Å²) in [7, 11) is 0. The van der Waals surface area contributed by atoms with Crippen molar-refractivity contribution < 1.29 is 31.5 Å². The van der Waals surface area contributed by atoms with Gasteiger partial charge in [-0.2, -0.15) is 13.2 Å². The van der Waals surface area contributed by atoms with Crippen molar-refractivity contribution in [1.29, 1.82) is 0 Å². The molecule has 0 spiro atoms. The van der Waals surface area contributed by atoms with Crippen molar-refractivity contribution in [3.63, 3.8) is 0 Å². The van der Waals surface area contributed by atoms with Crippen LogP contribution in [0.5, 0.6) is 0 Å². The number of hydrogen-bond acceptors (Lipinski definition) is 3. The summed E-state index contributed by atoms with van der Waals surface area (Å²) in [6, 6.07) is 10.4. The van der Waals surface area contributed by atoms with Gasteiger partial charge in [-0.15, -0.1) is 0 Å². The monoisotopic (exact) mass is 413 g/mol. The summed E-state index contributed by atoms with van der Waals surface area (Å²) >= 11 is 0. The minimum absolute atomic E-state index is 0.0309. The van der Waals surface area contributed by atoms with Crippen LogP contribution in [0.25, 0.3) is 0 Å². The van der Waals surface area contributed by atoms with Gasteiger partial charge in [-0.1, -0.05) is 36.4 Å². The second-order valence-electron chi connectivity index (χ2n) is 7.04. The molecule has 0 unspecified atom stereocenters. The molecule has 2 atom stereocenters. The van der Waals surface area contributed by atoms with Crippen LogP contribution >= 0.6 is 0 Å². The number of likely N-dealkylation sites (tertiary alicyclic amines) is 1. The molecule has 1 fully saturated rings. The van der Waals surface area contributed by atoms with E-state index in [0.717, 1.165) is 17.7 Å². The average molecular weight is 413 g/mol. The molecule has 0 bridgehead atoms. The lowest BCUT2D eigenvalue weighted by atomic mass is 10.1. The zero-order valence-corrected chi connectivity index (χ0v) is 15.5. The van der Waals surface area contributed by atoms with E-state index in [9.17, 15) is 26.7 Å². The van der Waals surface area contributed by atoms with Crippen LogP contribution in [0.2, 0.25) is 0 Å². The lowest BCUT2D eigenvalue weighted by Gasteiger charge is -2.23. The Kier molecular flexibility index (Phi) is 6.52. The molecule has 8 heteroatoms. The zero-order valence-electron chi connectivity index (χ0n) is 15.5. The second-order valence-corrected chi connectivity index (χ2v) is 7.04. The first kappa shape index (κ1) is 21.2. The maximum Gasteiger partial charge on any atom is 0.416 e. The summed E-state index contributed by atoms with van der Waals surface area (Å²) in [6.45, 7) is -0.676. The van der Waals surface area contributed by atoms with Crippen molar-refractivity contribution in [2.45, 2.75) is 44.6 Å². The first-order valence-electron chi connectivity index (χ1n) is 9.11. The van der Waals surface area contributed by atoms with E-state index >= 15 is 0 Å². The number of esters is 1. The molecule has 29 heavy (non-hydrogen) atoms. The van der Waals surface area contributed by atoms with Crippen molar-refractivity contribution in [1.82, 2.24) is 4.90 Å². The normalized spacial score (nSPS) is 20.0. The van der Waals surface area contributed by atoms with Crippen LogP contribution in [-0.4, -0.2) is 29.6 Å². The lowest BCUT2D eigenvalue weighted by Crippen LogP contribution is -2.36. The van der Waals surface area contributed by atoms with Gasteiger partial charge in [0.05, 0.1) is 5.56 Å². The number of ether oxygens (including phenoxy) is 1. The molecule has 1 aliphatic rings. The van der Waals surface area contributed by atoms with Crippen LogP contribution in [0.4, 0.5) is 22.0 Å². The number of benzene rings is 2. The fourth-order valence-corrected chi connectivity index (χ4v) is 3.40. The molecule has 0 saturated carbocycles. The van der Waals surface area contributed by atoms with Crippen molar-refractivity contribution in [3.8, 4) is 0 Å². The van der Waals surface area contributed by atoms with Crippen molar-refractivity contribution >= 4 is 5.97 Å². The Labute approximate surface area is 165 Å². The Hall–Kier alpha value is -2.48. The van der Waals surface area contributed by atoms with Gasteiger partial charge in [-0.3, -0.25) is 9.69 Å². The predicted molar refractivity (Wildman–Crippen MR) is 96.2 cm³/mol. The number of carbonyl (C=O) groups is 1. The Morgan fingerprint density at radius 1 is 1.07 bits per heavy atom. The van der Waals surface area contributed by atoms with E-state index in [1.165, 1.54) is 12.1 Å². The fraction of sp³-hybridized carbons (Fsp3) is 0.381. The summed E-state index contributed by atoms with van der Waals surface area (Å²) in [6.07, 6.45) is -5.76. The summed E-state index contributed by atoms with van der Waals surface area (Å²) in [5.41, 5.74) is 0.599. The quantitative estimate of drug-likeness (QED) is 0.502. The molecule has 2 aromatic carbocycles. The van der Waals surface area contributed by atoms with Gasteiger partial charge in [-0.05, 0) is 28.8 Å². The van der Waals surface area contributed by atoms with Gasteiger partial charge in [0.2, 0.25) is 0 Å². The Bertz CT molecular complexity index is 855. The Balaban J connectivity index is 1.64. The molecule has 1 aliphatic heterocycles. The van der Waals surface area contributed by atoms with Gasteiger partial charge in [-0.25, -0.2) is 8.78 Å². The van der Waals surface area contributed by atoms with Crippen LogP contribution < -0.4 is 0 Å². The summed E-state index contributed by atoms with van der Waals surface area (Å²) in [5.74, 6) is -0.691. The number of hydrogen-bond donors (Lipinski definition) is 0. The minimum atomic E-state index is -4.49. The largest absolute Gasteiger partial charge is 0.460 e. The van der Waals surface area contributed by atoms with Crippen LogP contribution in [0.3, 0.4) is 0 Å². The van der Waals surface area contributed by atoms with Crippen LogP contribution in [0.15, 0.2) is 48.5 Å². The third-order valence-corrected chi connectivity index (χ3v) is 4.79. The fourth-order valence-electron chi connectivity index (χ4n) is 3.40. The van der Waals surface area contributed by atoms with Gasteiger partial charge in [0.1, 0.15) is 25.5 Å². The molecule has 0 aliphatic carbocycles. The SMILES string of the molecule is O=C(OCc1cccc(C(F)(F)F)c1)[C@H]1C[C@H](F)CN1Cc1cccc(CF)c1. The van der Waals surface area contributed by atoms with Gasteiger partial charge in [0.15, 0.2) is 0 Å². The molecule has 1 heterocycles. The molecular formula is C21H20F5NO2. The third-order valence-electron chi connectivity index (χ3n) is 4.79. The highest BCUT2D eigenvalue weighted by molar-refractivity contribution is 5.76. The van der Waals surface area contributed by atoms with Crippen molar-refractivity contribution in [2.75, 3.05) is 6.54 Å². The molecule has 2 aromatic rings. The Morgan fingerprint density at radius 2 is 1.76 bits per heavy atom. The molecule has 0 aromatic heterocycles. The zero-order chi connectivity index (χ0) is 21.0. The molecule has 3 rings (SSSR count). The highest BCUT2D eigenvalue weighted by Gasteiger charge is 2.38. The van der Waals surface area contributed by atoms with E-state index in [-0.39, 0.29) is 31.7 Å². The summed E-state index contributed by atoms with van der Waals surface area (Å²) < 4.78 is 70.3. The van der Waals surface area contributed by atoms with E-state index in [1.54, 1.807) is 29.2 Å². The summed E-state index contributed by atoms with van der Waals surface area (Å²) in [4.78, 5) is 14.1. The molecule has 156 valence electrons. The Morgan fingerprint density at radius 3 is 2.48 bits per heavy atom. The molecular weight excluding hydrogens is 393 g/mol. The topological polar surface area (TPSA) is 29.5 Å². The van der Waals surface area contributed by atoms with Gasteiger partial charge >= 0.3 is 12.1 Å². The lowest BCUT2D eigenvalue weighted by molar-refractivity contribution is -0.150. The second kappa shape index (κ2) is 8.90. The van der Waals surface area contributed by atoms with Crippen LogP contribution in [-0.2, 0) is 35.5 Å². The minimum Gasteiger partial charge on any atom is -0.460 e. The number of nitrogens with zero attached hydrogens (tertiary/aromatic N) is 1. The van der Waals surface area contributed by atoms with Crippen LogP contribution in [0.1, 0.15) is 28.7 Å². The van der Waals surface area contributed by atoms with Gasteiger partial charge in [0.25, 0.3) is 0 Å². The standard InChI is InChI=1S/C21H20F5NO2/c22-10-14-3-1-4-15(7-14)11-27-12-18(23)9-19(27)20(28)29-13-16-5-2-6-17(8-16)21(24,25)26/h1-8,18-19H,9-13H2/t18-,19+/m0/s1. The number of carbonyl (C=O) groups excluding carboxylic acids is 1. The van der Waals surface area contributed by atoms with E-state index < -0.39 is 36.6 Å². The number of alkyl halides is 5. The van der Waals surface area contributed by atoms with Crippen molar-refractivity contribution in [2.24, 2.45) is 0 Å². The van der Waals surface area contributed by atoms with Gasteiger partial charge < -0.3 is 4.74 Å². The first-order chi connectivity index (χ1) is 13.8. The van der Waals surface area contributed by atoms with Gasteiger partial charge in [0, 0.05) is 19.5 Å². The average Bonchev–Trinajstić information content (AvgIpc) is 3.06. The van der Waals surface area contributed by atoms with E-state index in [4.69, 9.17) is 4.74 Å². The maximum absolute atomic E-state index is 13.9. The van der Waals surface area contributed by atoms with E-state index in [0.29, 0.717) is 5.56 Å². The molecule has 3 nitrogen and oxygen atoms in total. The maximum atomic E-state index is 13.9. The molecule has 0 N–H and O–H groups in total. The molecule has 0 radical (unpaired) electrons. The highest BCUT2D eigenvalue weighted by Crippen LogP contribution is 2.30. The number of rotatable bonds is 6.